The zero-order valence-electron chi connectivity index (χ0n) is 56.9. The lowest BCUT2D eigenvalue weighted by atomic mass is 9.97. The number of carbonyl (C=O) groups is 9. The Morgan fingerprint density at radius 2 is 0.724 bits per heavy atom. The molecule has 3 aliphatic rings. The summed E-state index contributed by atoms with van der Waals surface area (Å²) >= 11 is 0. The van der Waals surface area contributed by atoms with E-state index in [0.717, 1.165) is 25.7 Å². The number of unbranched alkanes of at least 4 members (excludes halogenated alkanes) is 3. The molecule has 0 aliphatic carbocycles. The molecule has 0 saturated carbocycles. The Balaban J connectivity index is 1.64. The van der Waals surface area contributed by atoms with Gasteiger partial charge in [-0.1, -0.05) is 12.8 Å². The molecule has 0 spiro atoms. The first-order valence-electron chi connectivity index (χ1n) is 33.2. The van der Waals surface area contributed by atoms with E-state index in [0.29, 0.717) is 13.2 Å². The standard InChI is InChI=1S/C61H109N9O28/c1-35(74)66-47-53(84)50(81)40(32-71)96-58(47)92-29-26-89-23-19-63-44(78)16-14-38(56(87)64-20-24-90-27-30-93-59-48(67-36(2)75)54(85)51(82)41(33-72)97-59)70-46(80)17-15-39(69-45(79)13-11-12-43(77)62-18-9-7-8-10-22-95-61(4,5)6)57(88)65-21-25-91-28-31-94-60-49(68-37(3)76)55(86)52(83)42(34-73)98-60/h38-42,47-55,58-60,71-73,81-86H,7-34H2,1-6H3,(H,62,77)(H,63,78)(H,64,87)(H,65,88)(H,66,74)(H,67,75)(H,68,76)(H,69,79)(H,70,80)/t38?,39?,40?,41?,42?,47?,48?,49?,50?,51?,52?,53?,54?,55-,58?,59?,60?/m0/s1. The molecule has 17 atom stereocenters. The molecular formula is C61H109N9O28. The van der Waals surface area contributed by atoms with Crippen LogP contribution in [-0.4, -0.2) is 321 Å². The van der Waals surface area contributed by atoms with Crippen molar-refractivity contribution in [3.05, 3.63) is 0 Å². The molecule has 3 saturated heterocycles. The van der Waals surface area contributed by atoms with Gasteiger partial charge in [-0.05, 0) is 52.9 Å². The summed E-state index contributed by atoms with van der Waals surface area (Å²) in [7, 11) is 0. The molecule has 0 radical (unpaired) electrons. The number of ether oxygens (including phenoxy) is 10. The highest BCUT2D eigenvalue weighted by molar-refractivity contribution is 5.90. The Morgan fingerprint density at radius 3 is 1.10 bits per heavy atom. The van der Waals surface area contributed by atoms with Crippen LogP contribution in [0.1, 0.15) is 112 Å². The number of hydrogen-bond donors (Lipinski definition) is 18. The minimum absolute atomic E-state index is 0.0137. The number of aliphatic hydroxyl groups excluding tert-OH is 9. The van der Waals surface area contributed by atoms with Crippen LogP contribution in [-0.2, 0) is 90.5 Å². The molecule has 3 rings (SSSR count). The summed E-state index contributed by atoms with van der Waals surface area (Å²) in [5.41, 5.74) is -0.221. The quantitative estimate of drug-likeness (QED) is 0.0252. The second-order valence-corrected chi connectivity index (χ2v) is 24.6. The van der Waals surface area contributed by atoms with Crippen LogP contribution in [0.3, 0.4) is 0 Å². The zero-order valence-corrected chi connectivity index (χ0v) is 56.9. The molecule has 37 heteroatoms. The maximum absolute atomic E-state index is 13.8. The summed E-state index contributed by atoms with van der Waals surface area (Å²) < 4.78 is 56.0. The van der Waals surface area contributed by atoms with Gasteiger partial charge in [0.15, 0.2) is 18.9 Å². The first kappa shape index (κ1) is 86.7. The fourth-order valence-electron chi connectivity index (χ4n) is 10.2. The second-order valence-electron chi connectivity index (χ2n) is 24.6. The van der Waals surface area contributed by atoms with Crippen LogP contribution in [0.4, 0.5) is 0 Å². The van der Waals surface area contributed by atoms with E-state index in [1.54, 1.807) is 0 Å². The number of hydrogen-bond acceptors (Lipinski definition) is 28. The minimum atomic E-state index is -1.54. The van der Waals surface area contributed by atoms with Crippen LogP contribution in [0.2, 0.25) is 0 Å². The molecule has 98 heavy (non-hydrogen) atoms. The monoisotopic (exact) mass is 1420 g/mol. The Hall–Kier alpha value is -5.53. The molecule has 3 fully saturated rings. The third-order valence-corrected chi connectivity index (χ3v) is 15.3. The van der Waals surface area contributed by atoms with E-state index in [4.69, 9.17) is 47.4 Å². The highest BCUT2D eigenvalue weighted by Crippen LogP contribution is 2.25. The Bertz CT molecular complexity index is 2390. The minimum Gasteiger partial charge on any atom is -0.394 e. The van der Waals surface area contributed by atoms with Crippen molar-refractivity contribution < 1.29 is 136 Å². The van der Waals surface area contributed by atoms with Gasteiger partial charge in [0.25, 0.3) is 0 Å². The number of nitrogens with one attached hydrogen (secondary N) is 9. The van der Waals surface area contributed by atoms with Crippen molar-refractivity contribution in [1.82, 2.24) is 47.9 Å². The van der Waals surface area contributed by atoms with E-state index in [1.807, 2.05) is 20.8 Å². The molecule has 3 aliphatic heterocycles. The Kier molecular flexibility index (Phi) is 42.1. The van der Waals surface area contributed by atoms with Gasteiger partial charge < -0.3 is 141 Å². The molecule has 0 bridgehead atoms. The smallest absolute Gasteiger partial charge is 0.242 e. The maximum atomic E-state index is 13.8. The lowest BCUT2D eigenvalue weighted by Gasteiger charge is -2.42. The molecule has 0 aromatic heterocycles. The number of amides is 9. The summed E-state index contributed by atoms with van der Waals surface area (Å²) in [6.45, 7) is 7.34. The molecule has 18 N–H and O–H groups in total. The van der Waals surface area contributed by atoms with Gasteiger partial charge in [0, 0.05) is 79.2 Å². The molecule has 9 amide bonds. The normalized spacial score (nSPS) is 26.2. The van der Waals surface area contributed by atoms with Crippen LogP contribution >= 0.6 is 0 Å². The van der Waals surface area contributed by atoms with Crippen molar-refractivity contribution >= 4 is 53.2 Å². The SMILES string of the molecule is CC(=O)NC1C(OCCOCCNC(=O)CCC(NC(=O)CCC(NC(=O)CCCC(=O)NCCCCCCOC(C)(C)C)C(=O)NCCOCCOC2OC(CO)C(O)[C@@H](O)C2NC(C)=O)C(=O)NCCOCCOC2OC(CO)C(O)C(O)C2NC(C)=O)OC(CO)C(O)C1O. The fraction of sp³-hybridized carbons (Fsp3) is 0.852. The summed E-state index contributed by atoms with van der Waals surface area (Å²) in [6.07, 6.45) is -14.5. The third-order valence-electron chi connectivity index (χ3n) is 15.3. The number of aliphatic hydroxyl groups is 9. The Morgan fingerprint density at radius 1 is 0.388 bits per heavy atom. The van der Waals surface area contributed by atoms with Crippen LogP contribution in [0, 0.1) is 0 Å². The lowest BCUT2D eigenvalue weighted by molar-refractivity contribution is -0.272. The topological polar surface area (TPSA) is 536 Å². The van der Waals surface area contributed by atoms with E-state index in [-0.39, 0.29) is 129 Å². The number of carbonyl (C=O) groups excluding carboxylic acids is 9. The average Bonchev–Trinajstić information content (AvgIpc) is 0.824. The van der Waals surface area contributed by atoms with Crippen molar-refractivity contribution in [1.29, 1.82) is 0 Å². The van der Waals surface area contributed by atoms with E-state index in [9.17, 15) is 89.1 Å². The van der Waals surface area contributed by atoms with Gasteiger partial charge in [0.1, 0.15) is 85.1 Å². The molecule has 0 aromatic rings. The predicted octanol–water partition coefficient (Wildman–Crippen LogP) is -7.54. The highest BCUT2D eigenvalue weighted by Gasteiger charge is 2.48. The first-order chi connectivity index (χ1) is 46.6. The van der Waals surface area contributed by atoms with E-state index >= 15 is 0 Å². The van der Waals surface area contributed by atoms with Crippen molar-refractivity contribution in [3.63, 3.8) is 0 Å². The van der Waals surface area contributed by atoms with Gasteiger partial charge in [-0.25, -0.2) is 0 Å². The van der Waals surface area contributed by atoms with Crippen molar-refractivity contribution in [3.8, 4) is 0 Å². The van der Waals surface area contributed by atoms with Crippen molar-refractivity contribution in [2.45, 2.75) is 222 Å². The van der Waals surface area contributed by atoms with E-state index < -0.39 is 178 Å². The van der Waals surface area contributed by atoms with E-state index in [2.05, 4.69) is 47.9 Å². The van der Waals surface area contributed by atoms with Gasteiger partial charge >= 0.3 is 0 Å². The average molecular weight is 1420 g/mol. The van der Waals surface area contributed by atoms with Crippen LogP contribution in [0.15, 0.2) is 0 Å². The molecule has 566 valence electrons. The summed E-state index contributed by atoms with van der Waals surface area (Å²) in [5.74, 6) is -5.32. The summed E-state index contributed by atoms with van der Waals surface area (Å²) in [4.78, 5) is 116. The molecule has 37 nitrogen and oxygen atoms in total. The first-order valence-corrected chi connectivity index (χ1v) is 33.2. The molecule has 3 heterocycles. The maximum Gasteiger partial charge on any atom is 0.242 e. The van der Waals surface area contributed by atoms with Gasteiger partial charge in [-0.3, -0.25) is 43.2 Å². The number of rotatable bonds is 48. The third kappa shape index (κ3) is 33.8. The van der Waals surface area contributed by atoms with Gasteiger partial charge in [0.2, 0.25) is 53.2 Å². The molecule has 0 aromatic carbocycles. The second kappa shape index (κ2) is 47.6. The fourth-order valence-corrected chi connectivity index (χ4v) is 10.2. The van der Waals surface area contributed by atoms with Gasteiger partial charge in [0.05, 0.1) is 84.9 Å². The summed E-state index contributed by atoms with van der Waals surface area (Å²) in [5, 5.41) is 115. The van der Waals surface area contributed by atoms with Crippen LogP contribution in [0.25, 0.3) is 0 Å². The van der Waals surface area contributed by atoms with Gasteiger partial charge in [-0.2, -0.15) is 0 Å². The lowest BCUT2D eigenvalue weighted by Crippen LogP contribution is -2.64. The summed E-state index contributed by atoms with van der Waals surface area (Å²) in [6, 6.07) is -6.25. The predicted molar refractivity (Wildman–Crippen MR) is 339 cm³/mol. The van der Waals surface area contributed by atoms with Gasteiger partial charge in [-0.15, -0.1) is 0 Å². The Labute approximate surface area is 569 Å². The van der Waals surface area contributed by atoms with E-state index in [1.165, 1.54) is 20.8 Å². The van der Waals surface area contributed by atoms with Crippen LogP contribution < -0.4 is 47.9 Å². The van der Waals surface area contributed by atoms with Crippen LogP contribution in [0.5, 0.6) is 0 Å². The molecular weight excluding hydrogens is 1310 g/mol. The molecule has 16 unspecified atom stereocenters. The largest absolute Gasteiger partial charge is 0.394 e. The zero-order chi connectivity index (χ0) is 72.7. The van der Waals surface area contributed by atoms with Crippen molar-refractivity contribution in [2.75, 3.05) is 112 Å². The highest BCUT2D eigenvalue weighted by atomic mass is 16.7. The van der Waals surface area contributed by atoms with Crippen molar-refractivity contribution in [2.24, 2.45) is 0 Å².